The zero-order chi connectivity index (χ0) is 16.3. The van der Waals surface area contributed by atoms with Gasteiger partial charge in [-0.2, -0.15) is 0 Å². The Kier molecular flexibility index (Phi) is 4.41. The van der Waals surface area contributed by atoms with E-state index in [1.807, 2.05) is 13.0 Å². The lowest BCUT2D eigenvalue weighted by Crippen LogP contribution is -2.34. The number of hydrogen-bond donors (Lipinski definition) is 2. The van der Waals surface area contributed by atoms with E-state index in [4.69, 9.17) is 4.42 Å². The van der Waals surface area contributed by atoms with Gasteiger partial charge in [-0.3, -0.25) is 9.59 Å². The molecule has 2 rings (SSSR count). The third-order valence-electron chi connectivity index (χ3n) is 3.01. The second kappa shape index (κ2) is 6.26. The fourth-order valence-corrected chi connectivity index (χ4v) is 2.06. The summed E-state index contributed by atoms with van der Waals surface area (Å²) < 4.78 is 5.16. The number of nitrogens with one attached hydrogen (secondary N) is 1. The molecular weight excluding hydrogens is 286 g/mol. The molecule has 0 saturated heterocycles. The van der Waals surface area contributed by atoms with E-state index in [-0.39, 0.29) is 16.9 Å². The Morgan fingerprint density at radius 1 is 1.18 bits per heavy atom. The van der Waals surface area contributed by atoms with E-state index in [2.05, 4.69) is 5.32 Å². The standard InChI is InChI=1S/C16H15NO5/c1-9-4-3-5-11(6-9)14(16(20)21)17-15(19)13-8-12(18)7-10(2)22-13/h3-8,14H,1-2H3,(H,17,19)(H,20,21)/t14-/m0/s1. The lowest BCUT2D eigenvalue weighted by molar-refractivity contribution is -0.139. The number of aryl methyl sites for hydroxylation is 2. The summed E-state index contributed by atoms with van der Waals surface area (Å²) in [4.78, 5) is 34.9. The lowest BCUT2D eigenvalue weighted by Gasteiger charge is -2.15. The van der Waals surface area contributed by atoms with Gasteiger partial charge in [-0.1, -0.05) is 29.8 Å². The van der Waals surface area contributed by atoms with Gasteiger partial charge < -0.3 is 14.8 Å². The molecule has 1 aromatic carbocycles. The highest BCUT2D eigenvalue weighted by Crippen LogP contribution is 2.16. The van der Waals surface area contributed by atoms with Crippen molar-refractivity contribution in [3.63, 3.8) is 0 Å². The minimum atomic E-state index is -1.22. The number of carbonyl (C=O) groups excluding carboxylic acids is 1. The highest BCUT2D eigenvalue weighted by molar-refractivity contribution is 5.94. The lowest BCUT2D eigenvalue weighted by atomic mass is 10.0. The van der Waals surface area contributed by atoms with Crippen LogP contribution in [0.15, 0.2) is 45.6 Å². The molecule has 0 unspecified atom stereocenters. The Morgan fingerprint density at radius 2 is 1.91 bits per heavy atom. The fourth-order valence-electron chi connectivity index (χ4n) is 2.06. The summed E-state index contributed by atoms with van der Waals surface area (Å²) in [7, 11) is 0. The Bertz CT molecular complexity index is 778. The third kappa shape index (κ3) is 3.60. The molecule has 0 aliphatic heterocycles. The first-order chi connectivity index (χ1) is 10.4. The molecule has 0 spiro atoms. The predicted molar refractivity (Wildman–Crippen MR) is 78.7 cm³/mol. The van der Waals surface area contributed by atoms with Gasteiger partial charge in [-0.25, -0.2) is 4.79 Å². The van der Waals surface area contributed by atoms with Gasteiger partial charge in [0.05, 0.1) is 0 Å². The summed E-state index contributed by atoms with van der Waals surface area (Å²) in [5, 5.41) is 11.7. The zero-order valence-corrected chi connectivity index (χ0v) is 12.1. The van der Waals surface area contributed by atoms with Crippen LogP contribution in [0.4, 0.5) is 0 Å². The largest absolute Gasteiger partial charge is 0.479 e. The summed E-state index contributed by atoms with van der Waals surface area (Å²) in [5.74, 6) is -1.90. The Balaban J connectivity index is 2.30. The van der Waals surface area contributed by atoms with Gasteiger partial charge in [0.25, 0.3) is 5.91 Å². The third-order valence-corrected chi connectivity index (χ3v) is 3.01. The highest BCUT2D eigenvalue weighted by Gasteiger charge is 2.24. The number of hydrogen-bond acceptors (Lipinski definition) is 4. The normalized spacial score (nSPS) is 11.7. The predicted octanol–water partition coefficient (Wildman–Crippen LogP) is 1.81. The van der Waals surface area contributed by atoms with Gasteiger partial charge in [0.2, 0.25) is 0 Å². The summed E-state index contributed by atoms with van der Waals surface area (Å²) in [6.45, 7) is 3.36. The first-order valence-corrected chi connectivity index (χ1v) is 6.59. The van der Waals surface area contributed by atoms with Crippen LogP contribution in [0.2, 0.25) is 0 Å². The van der Waals surface area contributed by atoms with Crippen molar-refractivity contribution in [3.05, 3.63) is 69.3 Å². The van der Waals surface area contributed by atoms with E-state index in [9.17, 15) is 19.5 Å². The van der Waals surface area contributed by atoms with Gasteiger partial charge in [0.15, 0.2) is 17.2 Å². The molecule has 0 fully saturated rings. The van der Waals surface area contributed by atoms with E-state index < -0.39 is 17.9 Å². The van der Waals surface area contributed by atoms with Crippen LogP contribution in [-0.2, 0) is 4.79 Å². The number of carboxylic acids is 1. The minimum Gasteiger partial charge on any atom is -0.479 e. The van der Waals surface area contributed by atoms with Crippen molar-refractivity contribution < 1.29 is 19.1 Å². The maximum Gasteiger partial charge on any atom is 0.330 e. The van der Waals surface area contributed by atoms with Crippen molar-refractivity contribution in [2.24, 2.45) is 0 Å². The van der Waals surface area contributed by atoms with Gasteiger partial charge >= 0.3 is 5.97 Å². The molecular formula is C16H15NO5. The molecule has 0 saturated carbocycles. The van der Waals surface area contributed by atoms with Crippen molar-refractivity contribution in [3.8, 4) is 0 Å². The van der Waals surface area contributed by atoms with Crippen molar-refractivity contribution in [2.45, 2.75) is 19.9 Å². The number of aliphatic carboxylic acids is 1. The Morgan fingerprint density at radius 3 is 2.50 bits per heavy atom. The first-order valence-electron chi connectivity index (χ1n) is 6.59. The Hall–Kier alpha value is -2.89. The number of benzene rings is 1. The fraction of sp³-hybridized carbons (Fsp3) is 0.188. The van der Waals surface area contributed by atoms with E-state index >= 15 is 0 Å². The van der Waals surface area contributed by atoms with E-state index in [1.54, 1.807) is 18.2 Å². The molecule has 1 aromatic heterocycles. The van der Waals surface area contributed by atoms with Crippen LogP contribution in [0, 0.1) is 13.8 Å². The molecule has 114 valence electrons. The number of rotatable bonds is 4. The van der Waals surface area contributed by atoms with Crippen LogP contribution in [0.25, 0.3) is 0 Å². The molecule has 1 heterocycles. The van der Waals surface area contributed by atoms with E-state index in [1.165, 1.54) is 13.0 Å². The van der Waals surface area contributed by atoms with Crippen LogP contribution in [0.3, 0.4) is 0 Å². The topological polar surface area (TPSA) is 96.6 Å². The average Bonchev–Trinajstić information content (AvgIpc) is 2.43. The van der Waals surface area contributed by atoms with Crippen LogP contribution >= 0.6 is 0 Å². The smallest absolute Gasteiger partial charge is 0.330 e. The van der Waals surface area contributed by atoms with Crippen LogP contribution in [-0.4, -0.2) is 17.0 Å². The van der Waals surface area contributed by atoms with Gasteiger partial charge in [-0.05, 0) is 19.4 Å². The summed E-state index contributed by atoms with van der Waals surface area (Å²) in [6, 6.07) is 7.86. The number of amides is 1. The van der Waals surface area contributed by atoms with Crippen LogP contribution in [0.5, 0.6) is 0 Å². The molecule has 6 nitrogen and oxygen atoms in total. The van der Waals surface area contributed by atoms with Gasteiger partial charge in [0, 0.05) is 12.1 Å². The zero-order valence-electron chi connectivity index (χ0n) is 12.1. The molecule has 0 radical (unpaired) electrons. The molecule has 2 N–H and O–H groups in total. The van der Waals surface area contributed by atoms with Crippen molar-refractivity contribution in [2.75, 3.05) is 0 Å². The van der Waals surface area contributed by atoms with Crippen molar-refractivity contribution in [1.82, 2.24) is 5.32 Å². The number of carbonyl (C=O) groups is 2. The maximum atomic E-state index is 12.1. The molecule has 22 heavy (non-hydrogen) atoms. The summed E-state index contributed by atoms with van der Waals surface area (Å²) >= 11 is 0. The van der Waals surface area contributed by atoms with Crippen molar-refractivity contribution in [1.29, 1.82) is 0 Å². The Labute approximate surface area is 126 Å². The molecule has 1 amide bonds. The molecule has 0 bridgehead atoms. The average molecular weight is 301 g/mol. The molecule has 0 aliphatic rings. The molecule has 1 atom stereocenters. The number of carboxylic acid groups (broad SMARTS) is 1. The van der Waals surface area contributed by atoms with E-state index in [0.717, 1.165) is 11.6 Å². The molecule has 2 aromatic rings. The molecule has 6 heteroatoms. The minimum absolute atomic E-state index is 0.219. The second-order valence-corrected chi connectivity index (χ2v) is 4.93. The first kappa shape index (κ1) is 15.5. The van der Waals surface area contributed by atoms with Gasteiger partial charge in [-0.15, -0.1) is 0 Å². The van der Waals surface area contributed by atoms with Crippen LogP contribution < -0.4 is 10.7 Å². The second-order valence-electron chi connectivity index (χ2n) is 4.93. The SMILES string of the molecule is Cc1cccc([C@H](NC(=O)c2cc(=O)cc(C)o2)C(=O)O)c1. The quantitative estimate of drug-likeness (QED) is 0.897. The van der Waals surface area contributed by atoms with Gasteiger partial charge in [0.1, 0.15) is 5.76 Å². The summed E-state index contributed by atoms with van der Waals surface area (Å²) in [5.41, 5.74) is 0.937. The summed E-state index contributed by atoms with van der Waals surface area (Å²) in [6.07, 6.45) is 0. The molecule has 0 aliphatic carbocycles. The highest BCUT2D eigenvalue weighted by atomic mass is 16.4. The van der Waals surface area contributed by atoms with Crippen molar-refractivity contribution >= 4 is 11.9 Å². The maximum absolute atomic E-state index is 12.1. The van der Waals surface area contributed by atoms with Crippen LogP contribution in [0.1, 0.15) is 33.5 Å². The monoisotopic (exact) mass is 301 g/mol. The van der Waals surface area contributed by atoms with E-state index in [0.29, 0.717) is 5.56 Å².